The predicted molar refractivity (Wildman–Crippen MR) is 64.2 cm³/mol. The van der Waals surface area contributed by atoms with Crippen LogP contribution in [-0.2, 0) is 4.79 Å². The normalized spacial score (nSPS) is 12.5. The predicted octanol–water partition coefficient (Wildman–Crippen LogP) is 1.68. The molecule has 1 aromatic carbocycles. The summed E-state index contributed by atoms with van der Waals surface area (Å²) in [4.78, 5) is 11.6. The van der Waals surface area contributed by atoms with Crippen molar-refractivity contribution in [1.29, 1.82) is 0 Å². The third kappa shape index (κ3) is 4.03. The van der Waals surface area contributed by atoms with Gasteiger partial charge in [-0.3, -0.25) is 4.79 Å². The molecule has 2 N–H and O–H groups in total. The minimum atomic E-state index is -0.111. The zero-order valence-corrected chi connectivity index (χ0v) is 9.81. The topological polar surface area (TPSA) is 49.3 Å². The van der Waals surface area contributed by atoms with Crippen LogP contribution in [0.5, 0.6) is 0 Å². The Hall–Kier alpha value is -1.35. The van der Waals surface area contributed by atoms with Gasteiger partial charge in [-0.1, -0.05) is 30.3 Å². The maximum Gasteiger partial charge on any atom is 0.220 e. The molecule has 1 amide bonds. The van der Waals surface area contributed by atoms with E-state index in [1.165, 1.54) is 0 Å². The van der Waals surface area contributed by atoms with Gasteiger partial charge in [0.25, 0.3) is 0 Å². The minimum absolute atomic E-state index is 0.00444. The van der Waals surface area contributed by atoms with Crippen molar-refractivity contribution in [3.63, 3.8) is 0 Å². The summed E-state index contributed by atoms with van der Waals surface area (Å²) in [5.41, 5.74) is 1.00. The summed E-state index contributed by atoms with van der Waals surface area (Å²) in [5, 5.41) is 12.1. The molecular weight excluding hydrogens is 202 g/mol. The van der Waals surface area contributed by atoms with E-state index < -0.39 is 0 Å². The number of aliphatic hydroxyl groups is 1. The van der Waals surface area contributed by atoms with E-state index in [0.717, 1.165) is 5.56 Å². The number of aliphatic hydroxyl groups excluding tert-OH is 1. The molecule has 1 rings (SSSR count). The molecule has 0 fully saturated rings. The van der Waals surface area contributed by atoms with Crippen LogP contribution in [0.15, 0.2) is 30.3 Å². The summed E-state index contributed by atoms with van der Waals surface area (Å²) < 4.78 is 0. The number of nitrogens with one attached hydrogen (secondary N) is 1. The molecule has 0 heterocycles. The van der Waals surface area contributed by atoms with Crippen molar-refractivity contribution in [1.82, 2.24) is 5.32 Å². The Balaban J connectivity index is 2.59. The molecule has 0 radical (unpaired) electrons. The fourth-order valence-corrected chi connectivity index (χ4v) is 1.62. The number of hydrogen-bond donors (Lipinski definition) is 2. The Morgan fingerprint density at radius 1 is 1.31 bits per heavy atom. The first-order valence-corrected chi connectivity index (χ1v) is 5.58. The molecule has 0 aliphatic carbocycles. The van der Waals surface area contributed by atoms with Crippen LogP contribution in [0.2, 0.25) is 0 Å². The molecule has 1 aromatic rings. The van der Waals surface area contributed by atoms with Gasteiger partial charge in [-0.2, -0.15) is 0 Å². The molecule has 16 heavy (non-hydrogen) atoms. The molecule has 88 valence electrons. The van der Waals surface area contributed by atoms with E-state index in [1.54, 1.807) is 0 Å². The Morgan fingerprint density at radius 2 is 1.94 bits per heavy atom. The first-order valence-electron chi connectivity index (χ1n) is 5.58. The number of benzene rings is 1. The molecule has 0 saturated heterocycles. The third-order valence-electron chi connectivity index (χ3n) is 2.37. The van der Waals surface area contributed by atoms with Crippen molar-refractivity contribution in [3.05, 3.63) is 35.9 Å². The van der Waals surface area contributed by atoms with Gasteiger partial charge in [-0.05, 0) is 19.4 Å². The molecule has 1 atom stereocenters. The highest BCUT2D eigenvalue weighted by Crippen LogP contribution is 2.18. The number of carbonyl (C=O) groups is 1. The molecule has 0 aliphatic rings. The lowest BCUT2D eigenvalue weighted by Crippen LogP contribution is -2.31. The van der Waals surface area contributed by atoms with Crippen LogP contribution in [0.3, 0.4) is 0 Å². The van der Waals surface area contributed by atoms with Crippen molar-refractivity contribution in [2.75, 3.05) is 6.61 Å². The molecule has 3 nitrogen and oxygen atoms in total. The fourth-order valence-electron chi connectivity index (χ4n) is 1.62. The van der Waals surface area contributed by atoms with Crippen LogP contribution < -0.4 is 5.32 Å². The second kappa shape index (κ2) is 6.28. The van der Waals surface area contributed by atoms with E-state index >= 15 is 0 Å². The largest absolute Gasteiger partial charge is 0.396 e. The van der Waals surface area contributed by atoms with Crippen molar-refractivity contribution in [2.24, 2.45) is 0 Å². The second-order valence-corrected chi connectivity index (χ2v) is 4.22. The zero-order valence-electron chi connectivity index (χ0n) is 9.81. The van der Waals surface area contributed by atoms with E-state index in [4.69, 9.17) is 0 Å². The minimum Gasteiger partial charge on any atom is -0.396 e. The summed E-state index contributed by atoms with van der Waals surface area (Å²) in [6.45, 7) is 3.85. The second-order valence-electron chi connectivity index (χ2n) is 4.22. The standard InChI is InChI=1S/C13H19NO2/c1-10(2)14-13(16)8-12(9-15)11-6-4-3-5-7-11/h3-7,10,12,15H,8-9H2,1-2H3,(H,14,16). The molecule has 1 unspecified atom stereocenters. The zero-order chi connectivity index (χ0) is 12.0. The Kier molecular flexibility index (Phi) is 4.99. The quantitative estimate of drug-likeness (QED) is 0.794. The number of amides is 1. The molecule has 0 saturated carbocycles. The highest BCUT2D eigenvalue weighted by atomic mass is 16.3. The van der Waals surface area contributed by atoms with Crippen LogP contribution in [0.1, 0.15) is 31.7 Å². The fraction of sp³-hybridized carbons (Fsp3) is 0.462. The van der Waals surface area contributed by atoms with Gasteiger partial charge in [-0.15, -0.1) is 0 Å². The maximum atomic E-state index is 11.6. The first-order chi connectivity index (χ1) is 7.63. The summed E-state index contributed by atoms with van der Waals surface area (Å²) in [7, 11) is 0. The lowest BCUT2D eigenvalue weighted by molar-refractivity contribution is -0.122. The molecule has 0 bridgehead atoms. The smallest absolute Gasteiger partial charge is 0.220 e. The van der Waals surface area contributed by atoms with Crippen molar-refractivity contribution >= 4 is 5.91 Å². The van der Waals surface area contributed by atoms with E-state index in [2.05, 4.69) is 5.32 Å². The van der Waals surface area contributed by atoms with Crippen LogP contribution in [0.25, 0.3) is 0 Å². The SMILES string of the molecule is CC(C)NC(=O)CC(CO)c1ccccc1. The number of hydrogen-bond acceptors (Lipinski definition) is 2. The summed E-state index contributed by atoms with van der Waals surface area (Å²) in [6, 6.07) is 9.76. The van der Waals surface area contributed by atoms with Gasteiger partial charge < -0.3 is 10.4 Å². The average Bonchev–Trinajstić information content (AvgIpc) is 2.26. The van der Waals surface area contributed by atoms with E-state index in [9.17, 15) is 9.90 Å². The van der Waals surface area contributed by atoms with Gasteiger partial charge in [0, 0.05) is 18.4 Å². The molecule has 3 heteroatoms. The van der Waals surface area contributed by atoms with Crippen LogP contribution in [0.4, 0.5) is 0 Å². The van der Waals surface area contributed by atoms with Crippen LogP contribution >= 0.6 is 0 Å². The summed E-state index contributed by atoms with van der Waals surface area (Å²) in [6.07, 6.45) is 0.332. The lowest BCUT2D eigenvalue weighted by atomic mass is 9.96. The highest BCUT2D eigenvalue weighted by Gasteiger charge is 2.15. The first kappa shape index (κ1) is 12.7. The molecule has 0 aromatic heterocycles. The van der Waals surface area contributed by atoms with Crippen LogP contribution in [-0.4, -0.2) is 23.7 Å². The Labute approximate surface area is 96.5 Å². The van der Waals surface area contributed by atoms with Gasteiger partial charge in [0.05, 0.1) is 6.61 Å². The van der Waals surface area contributed by atoms with E-state index in [1.807, 2.05) is 44.2 Å². The monoisotopic (exact) mass is 221 g/mol. The van der Waals surface area contributed by atoms with E-state index in [0.29, 0.717) is 6.42 Å². The highest BCUT2D eigenvalue weighted by molar-refractivity contribution is 5.77. The summed E-state index contributed by atoms with van der Waals surface area (Å²) in [5.74, 6) is -0.127. The van der Waals surface area contributed by atoms with Crippen molar-refractivity contribution in [2.45, 2.75) is 32.2 Å². The Bertz CT molecular complexity index is 322. The number of carbonyl (C=O) groups excluding carboxylic acids is 1. The van der Waals surface area contributed by atoms with Crippen molar-refractivity contribution in [3.8, 4) is 0 Å². The van der Waals surface area contributed by atoms with Gasteiger partial charge in [0.15, 0.2) is 0 Å². The third-order valence-corrected chi connectivity index (χ3v) is 2.37. The molecule has 0 aliphatic heterocycles. The molecule has 0 spiro atoms. The average molecular weight is 221 g/mol. The van der Waals surface area contributed by atoms with Crippen molar-refractivity contribution < 1.29 is 9.90 Å². The maximum absolute atomic E-state index is 11.6. The van der Waals surface area contributed by atoms with Crippen LogP contribution in [0, 0.1) is 0 Å². The lowest BCUT2D eigenvalue weighted by Gasteiger charge is -2.15. The number of rotatable bonds is 5. The Morgan fingerprint density at radius 3 is 2.44 bits per heavy atom. The molecular formula is C13H19NO2. The van der Waals surface area contributed by atoms with E-state index in [-0.39, 0.29) is 24.5 Å². The summed E-state index contributed by atoms with van der Waals surface area (Å²) >= 11 is 0. The van der Waals surface area contributed by atoms with Gasteiger partial charge in [0.2, 0.25) is 5.91 Å². The van der Waals surface area contributed by atoms with Gasteiger partial charge >= 0.3 is 0 Å². The van der Waals surface area contributed by atoms with Gasteiger partial charge in [0.1, 0.15) is 0 Å². The van der Waals surface area contributed by atoms with Gasteiger partial charge in [-0.25, -0.2) is 0 Å².